The average molecular weight is 441 g/mol. The van der Waals surface area contributed by atoms with Crippen molar-refractivity contribution in [2.24, 2.45) is 0 Å². The highest BCUT2D eigenvalue weighted by Gasteiger charge is 2.19. The lowest BCUT2D eigenvalue weighted by molar-refractivity contribution is -0.119. The topological polar surface area (TPSA) is 64.7 Å². The van der Waals surface area contributed by atoms with Crippen molar-refractivity contribution in [3.8, 4) is 0 Å². The Kier molecular flexibility index (Phi) is 5.43. The summed E-state index contributed by atoms with van der Waals surface area (Å²) in [4.78, 5) is 12.5. The van der Waals surface area contributed by atoms with Crippen LogP contribution < -0.4 is 5.32 Å². The maximum absolute atomic E-state index is 13.0. The number of aryl methyl sites for hydroxylation is 1. The van der Waals surface area contributed by atoms with E-state index in [0.717, 1.165) is 15.7 Å². The first-order valence-corrected chi connectivity index (χ1v) is 9.00. The van der Waals surface area contributed by atoms with E-state index in [9.17, 15) is 9.18 Å². The molecule has 0 radical (unpaired) electrons. The van der Waals surface area contributed by atoms with E-state index in [4.69, 9.17) is 11.6 Å². The van der Waals surface area contributed by atoms with Crippen molar-refractivity contribution in [1.82, 2.24) is 19.6 Å². The lowest BCUT2D eigenvalue weighted by Gasteiger charge is -2.11. The Bertz CT molecular complexity index is 918. The van der Waals surface area contributed by atoms with Crippen LogP contribution in [0.15, 0.2) is 41.1 Å². The first-order chi connectivity index (χ1) is 12.3. The number of benzene rings is 1. The van der Waals surface area contributed by atoms with Crippen LogP contribution in [0.2, 0.25) is 5.02 Å². The first kappa shape index (κ1) is 18.6. The second-order valence-corrected chi connectivity index (χ2v) is 7.12. The van der Waals surface area contributed by atoms with Gasteiger partial charge in [0.1, 0.15) is 16.9 Å². The van der Waals surface area contributed by atoms with Crippen molar-refractivity contribution in [3.05, 3.63) is 63.2 Å². The summed E-state index contributed by atoms with van der Waals surface area (Å²) in [5, 5.41) is 11.6. The highest BCUT2D eigenvalue weighted by molar-refractivity contribution is 9.10. The van der Waals surface area contributed by atoms with Crippen LogP contribution in [0.1, 0.15) is 24.2 Å². The molecule has 3 rings (SSSR count). The molecule has 3 aromatic rings. The Hall–Kier alpha value is -2.19. The van der Waals surface area contributed by atoms with Gasteiger partial charge >= 0.3 is 0 Å². The molecule has 0 saturated carbocycles. The van der Waals surface area contributed by atoms with Crippen molar-refractivity contribution in [3.63, 3.8) is 0 Å². The van der Waals surface area contributed by atoms with Crippen LogP contribution in [0.3, 0.4) is 0 Å². The average Bonchev–Trinajstić information content (AvgIpc) is 3.11. The van der Waals surface area contributed by atoms with Gasteiger partial charge in [-0.05, 0) is 47.5 Å². The molecule has 0 saturated heterocycles. The maximum atomic E-state index is 13.0. The van der Waals surface area contributed by atoms with E-state index in [1.165, 1.54) is 12.1 Å². The van der Waals surface area contributed by atoms with Gasteiger partial charge in [0.25, 0.3) is 0 Å². The number of halogens is 3. The predicted molar refractivity (Wildman–Crippen MR) is 101 cm³/mol. The highest BCUT2D eigenvalue weighted by Crippen LogP contribution is 2.22. The number of rotatable bonds is 5. The third-order valence-corrected chi connectivity index (χ3v) is 4.90. The Morgan fingerprint density at radius 3 is 2.62 bits per heavy atom. The second kappa shape index (κ2) is 7.59. The lowest BCUT2D eigenvalue weighted by atomic mass is 10.2. The number of hydrogen-bond acceptors (Lipinski definition) is 3. The fourth-order valence-electron chi connectivity index (χ4n) is 2.34. The van der Waals surface area contributed by atoms with Gasteiger partial charge < -0.3 is 5.32 Å². The predicted octanol–water partition coefficient (Wildman–Crippen LogP) is 4.19. The molecule has 1 amide bonds. The molecule has 0 fully saturated rings. The zero-order chi connectivity index (χ0) is 18.8. The summed E-state index contributed by atoms with van der Waals surface area (Å²) in [5.74, 6) is -0.308. The van der Waals surface area contributed by atoms with Gasteiger partial charge in [-0.15, -0.1) is 0 Å². The van der Waals surface area contributed by atoms with E-state index < -0.39 is 6.04 Å². The molecule has 136 valence electrons. The quantitative estimate of drug-likeness (QED) is 0.647. The number of aromatic nitrogens is 4. The minimum Gasteiger partial charge on any atom is -0.306 e. The van der Waals surface area contributed by atoms with E-state index in [2.05, 4.69) is 31.4 Å². The summed E-state index contributed by atoms with van der Waals surface area (Å²) in [6.07, 6.45) is 3.36. The second-order valence-electron chi connectivity index (χ2n) is 5.86. The Balaban J connectivity index is 1.70. The molecule has 26 heavy (non-hydrogen) atoms. The molecular formula is C17H16BrClFN5O. The number of nitrogens with zero attached hydrogens (tertiary/aromatic N) is 4. The maximum Gasteiger partial charge on any atom is 0.250 e. The largest absolute Gasteiger partial charge is 0.306 e. The number of amides is 1. The molecule has 0 aliphatic carbocycles. The summed E-state index contributed by atoms with van der Waals surface area (Å²) in [6, 6.07) is 5.58. The molecule has 0 aliphatic heterocycles. The van der Waals surface area contributed by atoms with Gasteiger partial charge in [-0.25, -0.2) is 4.39 Å². The number of nitrogens with one attached hydrogen (secondary N) is 1. The smallest absolute Gasteiger partial charge is 0.250 e. The molecule has 2 heterocycles. The Morgan fingerprint density at radius 1 is 1.31 bits per heavy atom. The molecule has 0 bridgehead atoms. The van der Waals surface area contributed by atoms with E-state index in [1.54, 1.807) is 40.8 Å². The third kappa shape index (κ3) is 4.13. The van der Waals surface area contributed by atoms with Crippen LogP contribution in [-0.4, -0.2) is 25.5 Å². The van der Waals surface area contributed by atoms with Crippen LogP contribution >= 0.6 is 27.5 Å². The van der Waals surface area contributed by atoms with Gasteiger partial charge in [-0.1, -0.05) is 23.7 Å². The monoisotopic (exact) mass is 439 g/mol. The zero-order valence-electron chi connectivity index (χ0n) is 14.1. The molecule has 1 aromatic carbocycles. The molecule has 1 N–H and O–H groups in total. The van der Waals surface area contributed by atoms with Crippen LogP contribution in [-0.2, 0) is 11.3 Å². The molecule has 6 nitrogen and oxygen atoms in total. The van der Waals surface area contributed by atoms with Crippen LogP contribution in [0.5, 0.6) is 0 Å². The van der Waals surface area contributed by atoms with Crippen LogP contribution in [0.4, 0.5) is 10.2 Å². The van der Waals surface area contributed by atoms with Crippen molar-refractivity contribution >= 4 is 39.3 Å². The number of hydrogen-bond donors (Lipinski definition) is 1. The zero-order valence-corrected chi connectivity index (χ0v) is 16.4. The fraction of sp³-hybridized carbons (Fsp3) is 0.235. The Morgan fingerprint density at radius 2 is 2.00 bits per heavy atom. The van der Waals surface area contributed by atoms with Crippen LogP contribution in [0, 0.1) is 12.7 Å². The highest BCUT2D eigenvalue weighted by atomic mass is 79.9. The summed E-state index contributed by atoms with van der Waals surface area (Å²) >= 11 is 9.55. The van der Waals surface area contributed by atoms with Crippen molar-refractivity contribution in [1.29, 1.82) is 0 Å². The SMILES string of the molecule is Cc1nn(C(C)C(=O)Nc2nn(Cc3ccc(F)cc3)cc2Cl)cc1Br. The number of carbonyl (C=O) groups excluding carboxylic acids is 1. The van der Waals surface area contributed by atoms with E-state index in [0.29, 0.717) is 11.6 Å². The summed E-state index contributed by atoms with van der Waals surface area (Å²) in [7, 11) is 0. The van der Waals surface area contributed by atoms with Gasteiger partial charge in [0.15, 0.2) is 5.82 Å². The minimum absolute atomic E-state index is 0.272. The standard InChI is InChI=1S/C17H16BrClFN5O/c1-10-14(18)8-25(22-10)11(2)17(26)21-16-15(19)9-24(23-16)7-12-3-5-13(20)6-4-12/h3-6,8-9,11H,7H2,1-2H3,(H,21,23,26). The van der Waals surface area contributed by atoms with Crippen molar-refractivity contribution < 1.29 is 9.18 Å². The van der Waals surface area contributed by atoms with Crippen molar-refractivity contribution in [2.45, 2.75) is 26.4 Å². The molecule has 0 aliphatic rings. The summed E-state index contributed by atoms with van der Waals surface area (Å²) < 4.78 is 17.0. The van der Waals surface area contributed by atoms with E-state index in [1.807, 2.05) is 6.92 Å². The molecular weight excluding hydrogens is 425 g/mol. The van der Waals surface area contributed by atoms with Gasteiger partial charge in [0, 0.05) is 12.4 Å². The molecule has 1 atom stereocenters. The number of anilines is 1. The minimum atomic E-state index is -0.529. The fourth-order valence-corrected chi connectivity index (χ4v) is 2.83. The lowest BCUT2D eigenvalue weighted by Crippen LogP contribution is -2.24. The molecule has 2 aromatic heterocycles. The van der Waals surface area contributed by atoms with E-state index in [-0.39, 0.29) is 17.5 Å². The first-order valence-electron chi connectivity index (χ1n) is 7.83. The van der Waals surface area contributed by atoms with Crippen molar-refractivity contribution in [2.75, 3.05) is 5.32 Å². The summed E-state index contributed by atoms with van der Waals surface area (Å²) in [6.45, 7) is 3.99. The molecule has 0 spiro atoms. The van der Waals surface area contributed by atoms with Gasteiger partial charge in [-0.3, -0.25) is 14.2 Å². The van der Waals surface area contributed by atoms with Gasteiger partial charge in [0.05, 0.1) is 16.7 Å². The van der Waals surface area contributed by atoms with Gasteiger partial charge in [-0.2, -0.15) is 10.2 Å². The van der Waals surface area contributed by atoms with Gasteiger partial charge in [0.2, 0.25) is 5.91 Å². The third-order valence-electron chi connectivity index (χ3n) is 3.85. The Labute approximate surface area is 163 Å². The summed E-state index contributed by atoms with van der Waals surface area (Å²) in [5.41, 5.74) is 1.67. The van der Waals surface area contributed by atoms with Crippen LogP contribution in [0.25, 0.3) is 0 Å². The van der Waals surface area contributed by atoms with E-state index >= 15 is 0 Å². The normalized spacial score (nSPS) is 12.2. The number of carbonyl (C=O) groups is 1. The molecule has 1 unspecified atom stereocenters. The molecule has 9 heteroatoms.